The Morgan fingerprint density at radius 3 is 2.58 bits per heavy atom. The first kappa shape index (κ1) is 18.7. The first-order valence-corrected chi connectivity index (χ1v) is 11.2. The number of nitrogens with zero attached hydrogens (tertiary/aromatic N) is 1. The van der Waals surface area contributed by atoms with E-state index in [0.29, 0.717) is 22.8 Å². The highest BCUT2D eigenvalue weighted by atomic mass is 16.3. The number of aliphatic imine (C=N–C) groups is 1. The van der Waals surface area contributed by atoms with Crippen molar-refractivity contribution in [2.75, 3.05) is 0 Å². The van der Waals surface area contributed by atoms with Gasteiger partial charge in [-0.2, -0.15) is 0 Å². The van der Waals surface area contributed by atoms with Gasteiger partial charge in [0.05, 0.1) is 6.10 Å². The molecule has 146 valence electrons. The highest BCUT2D eigenvalue weighted by Crippen LogP contribution is 2.66. The third kappa shape index (κ3) is 2.74. The summed E-state index contributed by atoms with van der Waals surface area (Å²) in [6, 6.07) is 0.420. The van der Waals surface area contributed by atoms with E-state index in [-0.39, 0.29) is 6.10 Å². The Balaban J connectivity index is 1.61. The average Bonchev–Trinajstić information content (AvgIpc) is 2.92. The van der Waals surface area contributed by atoms with E-state index >= 15 is 0 Å². The van der Waals surface area contributed by atoms with Gasteiger partial charge in [-0.05, 0) is 101 Å². The van der Waals surface area contributed by atoms with Gasteiger partial charge in [0.15, 0.2) is 0 Å². The lowest BCUT2D eigenvalue weighted by molar-refractivity contribution is -0.0476. The van der Waals surface area contributed by atoms with E-state index in [9.17, 15) is 5.11 Å². The monoisotopic (exact) mass is 357 g/mol. The van der Waals surface area contributed by atoms with Crippen LogP contribution in [0.1, 0.15) is 86.0 Å². The number of aliphatic hydroxyl groups excluding tert-OH is 1. The standard InChI is InChI=1S/C24H39NO/c1-15(2)25-16(3)20-8-9-21-19-7-6-17-14-18(26)10-12-23(17,4)22(19)11-13-24(20,21)5/h14-15,18-22,26H,6-13H2,1-5H3/b25-16+/t18-,19+,20-,21+,22+,23+,24-/m1/s1. The van der Waals surface area contributed by atoms with E-state index in [1.165, 1.54) is 50.7 Å². The van der Waals surface area contributed by atoms with Crippen LogP contribution in [0.15, 0.2) is 16.6 Å². The number of rotatable bonds is 2. The third-order valence-electron chi connectivity index (χ3n) is 9.06. The second kappa shape index (κ2) is 6.47. The van der Waals surface area contributed by atoms with Gasteiger partial charge < -0.3 is 5.11 Å². The molecule has 0 aromatic rings. The zero-order valence-corrected chi connectivity index (χ0v) is 17.6. The van der Waals surface area contributed by atoms with Gasteiger partial charge in [-0.3, -0.25) is 4.99 Å². The maximum Gasteiger partial charge on any atom is 0.0724 e. The zero-order chi connectivity index (χ0) is 18.7. The largest absolute Gasteiger partial charge is 0.389 e. The van der Waals surface area contributed by atoms with Crippen LogP contribution in [0.5, 0.6) is 0 Å². The maximum atomic E-state index is 10.1. The fourth-order valence-corrected chi connectivity index (χ4v) is 7.89. The molecule has 4 rings (SSSR count). The van der Waals surface area contributed by atoms with Gasteiger partial charge in [0.1, 0.15) is 0 Å². The van der Waals surface area contributed by atoms with Crippen LogP contribution < -0.4 is 0 Å². The Morgan fingerprint density at radius 2 is 1.85 bits per heavy atom. The topological polar surface area (TPSA) is 32.6 Å². The van der Waals surface area contributed by atoms with Crippen molar-refractivity contribution < 1.29 is 5.11 Å². The zero-order valence-electron chi connectivity index (χ0n) is 17.6. The van der Waals surface area contributed by atoms with Gasteiger partial charge in [0, 0.05) is 17.7 Å². The van der Waals surface area contributed by atoms with Crippen LogP contribution in [-0.4, -0.2) is 23.0 Å². The summed E-state index contributed by atoms with van der Waals surface area (Å²) in [6.45, 7) is 11.9. The van der Waals surface area contributed by atoms with Crippen LogP contribution in [0, 0.1) is 34.5 Å². The molecule has 2 nitrogen and oxygen atoms in total. The number of aliphatic hydroxyl groups is 1. The lowest BCUT2D eigenvalue weighted by atomic mass is 9.46. The molecule has 2 heteroatoms. The fraction of sp³-hybridized carbons (Fsp3) is 0.875. The summed E-state index contributed by atoms with van der Waals surface area (Å²) in [5.41, 5.74) is 3.85. The third-order valence-corrected chi connectivity index (χ3v) is 9.06. The molecule has 3 saturated carbocycles. The van der Waals surface area contributed by atoms with Gasteiger partial charge >= 0.3 is 0 Å². The lowest BCUT2D eigenvalue weighted by Gasteiger charge is -2.58. The van der Waals surface area contributed by atoms with Crippen LogP contribution >= 0.6 is 0 Å². The second-order valence-corrected chi connectivity index (χ2v) is 10.7. The van der Waals surface area contributed by atoms with Crippen LogP contribution in [0.2, 0.25) is 0 Å². The number of fused-ring (bicyclic) bond motifs is 5. The maximum absolute atomic E-state index is 10.1. The molecule has 0 unspecified atom stereocenters. The minimum atomic E-state index is -0.186. The smallest absolute Gasteiger partial charge is 0.0724 e. The first-order valence-electron chi connectivity index (χ1n) is 11.2. The van der Waals surface area contributed by atoms with Crippen molar-refractivity contribution in [3.05, 3.63) is 11.6 Å². The molecule has 0 amide bonds. The van der Waals surface area contributed by atoms with E-state index in [4.69, 9.17) is 4.99 Å². The molecule has 7 atom stereocenters. The normalized spacial score (nSPS) is 48.7. The van der Waals surface area contributed by atoms with E-state index < -0.39 is 0 Å². The molecule has 1 N–H and O–H groups in total. The quantitative estimate of drug-likeness (QED) is 0.492. The molecule has 0 aromatic carbocycles. The highest BCUT2D eigenvalue weighted by molar-refractivity contribution is 5.85. The predicted molar refractivity (Wildman–Crippen MR) is 109 cm³/mol. The number of allylic oxidation sites excluding steroid dienone is 1. The van der Waals surface area contributed by atoms with Gasteiger partial charge in [-0.1, -0.05) is 25.5 Å². The fourth-order valence-electron chi connectivity index (χ4n) is 7.89. The molecule has 0 bridgehead atoms. The van der Waals surface area contributed by atoms with Crippen molar-refractivity contribution in [1.82, 2.24) is 0 Å². The van der Waals surface area contributed by atoms with Gasteiger partial charge in [0.25, 0.3) is 0 Å². The molecule has 26 heavy (non-hydrogen) atoms. The second-order valence-electron chi connectivity index (χ2n) is 10.7. The summed E-state index contributed by atoms with van der Waals surface area (Å²) in [5, 5.41) is 10.1. The van der Waals surface area contributed by atoms with Crippen molar-refractivity contribution in [2.45, 2.75) is 98.1 Å². The van der Waals surface area contributed by atoms with Crippen LogP contribution in [0.3, 0.4) is 0 Å². The molecule has 0 spiro atoms. The Hall–Kier alpha value is -0.630. The Morgan fingerprint density at radius 1 is 1.08 bits per heavy atom. The molecule has 0 saturated heterocycles. The van der Waals surface area contributed by atoms with Crippen LogP contribution in [0.4, 0.5) is 0 Å². The van der Waals surface area contributed by atoms with Crippen molar-refractivity contribution in [2.24, 2.45) is 39.5 Å². The van der Waals surface area contributed by atoms with Gasteiger partial charge in [-0.15, -0.1) is 0 Å². The summed E-state index contributed by atoms with van der Waals surface area (Å²) >= 11 is 0. The lowest BCUT2D eigenvalue weighted by Crippen LogP contribution is -2.51. The molecule has 0 aromatic heterocycles. The molecule has 0 aliphatic heterocycles. The molecule has 4 aliphatic rings. The van der Waals surface area contributed by atoms with Crippen molar-refractivity contribution in [1.29, 1.82) is 0 Å². The summed E-state index contributed by atoms with van der Waals surface area (Å²) in [7, 11) is 0. The van der Waals surface area contributed by atoms with Crippen molar-refractivity contribution >= 4 is 5.71 Å². The number of hydrogen-bond acceptors (Lipinski definition) is 2. The molecular formula is C24H39NO. The SMILES string of the molecule is C/C(=N\C(C)C)[C@H]1CC[C@H]2[C@@H]3CCC4=C[C@H](O)CC[C@]4(C)[C@H]3CC[C@]12C. The van der Waals surface area contributed by atoms with Gasteiger partial charge in [0.2, 0.25) is 0 Å². The van der Waals surface area contributed by atoms with E-state index in [0.717, 1.165) is 24.2 Å². The summed E-state index contributed by atoms with van der Waals surface area (Å²) in [5.74, 6) is 3.32. The summed E-state index contributed by atoms with van der Waals surface area (Å²) < 4.78 is 0. The van der Waals surface area contributed by atoms with E-state index in [1.54, 1.807) is 5.57 Å². The van der Waals surface area contributed by atoms with Crippen LogP contribution in [-0.2, 0) is 0 Å². The Bertz CT molecular complexity index is 620. The average molecular weight is 358 g/mol. The highest BCUT2D eigenvalue weighted by Gasteiger charge is 2.59. The summed E-state index contributed by atoms with van der Waals surface area (Å²) in [4.78, 5) is 4.97. The molecule has 0 radical (unpaired) electrons. The molecule has 3 fully saturated rings. The van der Waals surface area contributed by atoms with E-state index in [1.807, 2.05) is 0 Å². The van der Waals surface area contributed by atoms with Crippen molar-refractivity contribution in [3.63, 3.8) is 0 Å². The molecule has 0 heterocycles. The van der Waals surface area contributed by atoms with Crippen LogP contribution in [0.25, 0.3) is 0 Å². The Kier molecular flexibility index (Phi) is 4.66. The molecular weight excluding hydrogens is 318 g/mol. The summed E-state index contributed by atoms with van der Waals surface area (Å²) in [6.07, 6.45) is 12.3. The first-order chi connectivity index (χ1) is 12.3. The predicted octanol–water partition coefficient (Wildman–Crippen LogP) is 5.80. The van der Waals surface area contributed by atoms with Crippen molar-refractivity contribution in [3.8, 4) is 0 Å². The minimum absolute atomic E-state index is 0.186. The Labute approximate surface area is 160 Å². The van der Waals surface area contributed by atoms with E-state index in [2.05, 4.69) is 40.7 Å². The molecule has 4 aliphatic carbocycles. The number of hydrogen-bond donors (Lipinski definition) is 1. The minimum Gasteiger partial charge on any atom is -0.389 e. The van der Waals surface area contributed by atoms with Gasteiger partial charge in [-0.25, -0.2) is 0 Å².